The summed E-state index contributed by atoms with van der Waals surface area (Å²) in [6.45, 7) is 45.1. The van der Waals surface area contributed by atoms with Crippen molar-refractivity contribution in [2.75, 3.05) is 0 Å². The third kappa shape index (κ3) is 9.44. The van der Waals surface area contributed by atoms with Crippen LogP contribution in [0.3, 0.4) is 0 Å². The van der Waals surface area contributed by atoms with Gasteiger partial charge in [0.25, 0.3) is 0 Å². The van der Waals surface area contributed by atoms with E-state index in [2.05, 4.69) is 118 Å². The Morgan fingerprint density at radius 1 is 0.953 bits per heavy atom. The van der Waals surface area contributed by atoms with Crippen LogP contribution in [0.1, 0.15) is 127 Å². The Bertz CT molecular complexity index is 1010. The van der Waals surface area contributed by atoms with Crippen molar-refractivity contribution in [3.8, 4) is 0 Å². The minimum atomic E-state index is 0.0250. The third-order valence-corrected chi connectivity index (χ3v) is 11.6. The molecule has 0 aromatic heterocycles. The van der Waals surface area contributed by atoms with E-state index >= 15 is 0 Å². The molecule has 0 aromatic carbocycles. The van der Waals surface area contributed by atoms with Crippen molar-refractivity contribution in [1.82, 2.24) is 16.0 Å². The smallest absolute Gasteiger partial charge is 0.0919 e. The van der Waals surface area contributed by atoms with Gasteiger partial charge in [-0.15, -0.1) is 0 Å². The number of hydrogen-bond acceptors (Lipinski definition) is 4. The first-order valence-corrected chi connectivity index (χ1v) is 17.3. The van der Waals surface area contributed by atoms with Crippen LogP contribution >= 0.6 is 0 Å². The highest BCUT2D eigenvalue weighted by Gasteiger charge is 2.61. The van der Waals surface area contributed by atoms with E-state index in [1.54, 1.807) is 0 Å². The van der Waals surface area contributed by atoms with Crippen LogP contribution in [0.2, 0.25) is 0 Å². The van der Waals surface area contributed by atoms with Gasteiger partial charge in [-0.25, -0.2) is 0 Å². The molecule has 7 atom stereocenters. The Kier molecular flexibility index (Phi) is 12.8. The molecule has 0 radical (unpaired) electrons. The van der Waals surface area contributed by atoms with E-state index < -0.39 is 0 Å². The number of nitrogens with two attached hydrogens (primary N) is 1. The number of rotatable bonds is 20. The average molecular weight is 595 g/mol. The van der Waals surface area contributed by atoms with Gasteiger partial charge in [-0.05, 0) is 84.5 Å². The molecular formula is C39H70N4. The van der Waals surface area contributed by atoms with E-state index in [0.717, 1.165) is 48.7 Å². The zero-order valence-electron chi connectivity index (χ0n) is 30.0. The van der Waals surface area contributed by atoms with Crippen LogP contribution in [0.15, 0.2) is 61.3 Å². The minimum absolute atomic E-state index is 0.0250. The molecule has 0 aliphatic heterocycles. The summed E-state index contributed by atoms with van der Waals surface area (Å²) in [7, 11) is 0. The molecule has 2 rings (SSSR count). The van der Waals surface area contributed by atoms with E-state index in [9.17, 15) is 0 Å². The SMILES string of the molecule is C=C(NC(C(=C)CC[C@H]1[C@@H](C(C)C(=C)NC(CC2CCC2)C(=C)C(=C)N)C1(C)CCC)C(C)(C)C)NC(C)C(C)(C)CC. The maximum atomic E-state index is 6.12. The summed E-state index contributed by atoms with van der Waals surface area (Å²) in [5.41, 5.74) is 10.6. The molecule has 2 aliphatic rings. The van der Waals surface area contributed by atoms with Crippen molar-refractivity contribution < 1.29 is 0 Å². The molecule has 0 bridgehead atoms. The summed E-state index contributed by atoms with van der Waals surface area (Å²) in [4.78, 5) is 0. The lowest BCUT2D eigenvalue weighted by atomic mass is 9.79. The number of nitrogens with one attached hydrogen (secondary N) is 3. The summed E-state index contributed by atoms with van der Waals surface area (Å²) < 4.78 is 0. The highest BCUT2D eigenvalue weighted by atomic mass is 15.1. The predicted molar refractivity (Wildman–Crippen MR) is 190 cm³/mol. The first-order chi connectivity index (χ1) is 19.8. The van der Waals surface area contributed by atoms with Gasteiger partial charge >= 0.3 is 0 Å². The largest absolute Gasteiger partial charge is 0.399 e. The van der Waals surface area contributed by atoms with E-state index in [4.69, 9.17) is 5.73 Å². The molecule has 0 spiro atoms. The topological polar surface area (TPSA) is 62.1 Å². The molecule has 4 heteroatoms. The van der Waals surface area contributed by atoms with Gasteiger partial charge in [0.1, 0.15) is 0 Å². The number of allylic oxidation sites excluding steroid dienone is 1. The molecular weight excluding hydrogens is 524 g/mol. The highest BCUT2D eigenvalue weighted by molar-refractivity contribution is 5.29. The zero-order chi connectivity index (χ0) is 32.9. The Balaban J connectivity index is 2.09. The molecule has 5 N–H and O–H groups in total. The monoisotopic (exact) mass is 595 g/mol. The standard InChI is InChI=1S/C39H70N4/c1-16-23-39(15)33(35(39)27(5)29(7)41-34(26(4)28(6)40)24-32-19-18-20-32)22-21-25(3)36(37(10,11)12)43-31(9)42-30(8)38(13,14)17-2/h27,30,32-36,41-43H,3-4,6-7,9,16-24,40H2,1-2,5,8,10-15H3/t27?,30?,33-,34?,35+,36?,39?/m0/s1. The van der Waals surface area contributed by atoms with Crippen LogP contribution in [0.5, 0.6) is 0 Å². The van der Waals surface area contributed by atoms with Crippen LogP contribution in [-0.4, -0.2) is 18.1 Å². The van der Waals surface area contributed by atoms with Crippen LogP contribution in [0.4, 0.5) is 0 Å². The van der Waals surface area contributed by atoms with Crippen LogP contribution in [0, 0.1) is 39.9 Å². The molecule has 0 saturated heterocycles. The number of hydrogen-bond donors (Lipinski definition) is 4. The molecule has 0 aromatic rings. The van der Waals surface area contributed by atoms with Gasteiger partial charge in [0, 0.05) is 17.4 Å². The fourth-order valence-corrected chi connectivity index (χ4v) is 7.56. The maximum absolute atomic E-state index is 6.12. The van der Waals surface area contributed by atoms with Crippen molar-refractivity contribution >= 4 is 0 Å². The molecule has 2 aliphatic carbocycles. The molecule has 2 saturated carbocycles. The molecule has 5 unspecified atom stereocenters. The van der Waals surface area contributed by atoms with Crippen LogP contribution in [-0.2, 0) is 0 Å². The third-order valence-electron chi connectivity index (χ3n) is 11.6. The maximum Gasteiger partial charge on any atom is 0.0919 e. The van der Waals surface area contributed by atoms with Crippen LogP contribution in [0.25, 0.3) is 0 Å². The van der Waals surface area contributed by atoms with Gasteiger partial charge in [-0.2, -0.15) is 0 Å². The summed E-state index contributed by atoms with van der Waals surface area (Å²) in [6, 6.07) is 0.596. The van der Waals surface area contributed by atoms with Gasteiger partial charge in [0.15, 0.2) is 0 Å². The summed E-state index contributed by atoms with van der Waals surface area (Å²) >= 11 is 0. The van der Waals surface area contributed by atoms with E-state index in [1.807, 2.05) is 0 Å². The van der Waals surface area contributed by atoms with Crippen molar-refractivity contribution in [3.63, 3.8) is 0 Å². The fourth-order valence-electron chi connectivity index (χ4n) is 7.56. The van der Waals surface area contributed by atoms with Crippen molar-refractivity contribution in [2.45, 2.75) is 145 Å². The summed E-state index contributed by atoms with van der Waals surface area (Å²) in [6.07, 6.45) is 10.7. The van der Waals surface area contributed by atoms with Crippen LogP contribution < -0.4 is 21.7 Å². The molecule has 4 nitrogen and oxygen atoms in total. The van der Waals surface area contributed by atoms with Gasteiger partial charge in [0.05, 0.1) is 17.9 Å². The zero-order valence-corrected chi connectivity index (χ0v) is 30.0. The van der Waals surface area contributed by atoms with Crippen molar-refractivity contribution in [3.05, 3.63) is 61.3 Å². The van der Waals surface area contributed by atoms with Gasteiger partial charge in [-0.3, -0.25) is 0 Å². The Morgan fingerprint density at radius 3 is 2.02 bits per heavy atom. The molecule has 246 valence electrons. The predicted octanol–water partition coefficient (Wildman–Crippen LogP) is 9.59. The Morgan fingerprint density at radius 2 is 1.56 bits per heavy atom. The Hall–Kier alpha value is -2.10. The Labute approximate surface area is 267 Å². The first-order valence-electron chi connectivity index (χ1n) is 17.3. The van der Waals surface area contributed by atoms with E-state index in [-0.39, 0.29) is 22.9 Å². The lowest BCUT2D eigenvalue weighted by Gasteiger charge is -2.38. The van der Waals surface area contributed by atoms with Gasteiger partial charge in [-0.1, -0.05) is 126 Å². The van der Waals surface area contributed by atoms with Crippen molar-refractivity contribution in [2.24, 2.45) is 45.7 Å². The second-order valence-electron chi connectivity index (χ2n) is 16.3. The van der Waals surface area contributed by atoms with Crippen molar-refractivity contribution in [1.29, 1.82) is 0 Å². The molecule has 43 heavy (non-hydrogen) atoms. The second-order valence-corrected chi connectivity index (χ2v) is 16.3. The van der Waals surface area contributed by atoms with E-state index in [0.29, 0.717) is 34.9 Å². The highest BCUT2D eigenvalue weighted by Crippen LogP contribution is 2.67. The molecule has 2 fully saturated rings. The normalized spacial score (nSPS) is 25.0. The first kappa shape index (κ1) is 37.1. The minimum Gasteiger partial charge on any atom is -0.399 e. The molecule has 0 heterocycles. The second kappa shape index (κ2) is 14.8. The molecule has 0 amide bonds. The lowest BCUT2D eigenvalue weighted by molar-refractivity contribution is 0.247. The average Bonchev–Trinajstić information content (AvgIpc) is 3.47. The lowest BCUT2D eigenvalue weighted by Crippen LogP contribution is -2.48. The van der Waals surface area contributed by atoms with E-state index in [1.165, 1.54) is 37.7 Å². The fraction of sp³-hybridized carbons (Fsp3) is 0.744. The van der Waals surface area contributed by atoms with Gasteiger partial charge in [0.2, 0.25) is 0 Å². The quantitative estimate of drug-likeness (QED) is 0.0837. The summed E-state index contributed by atoms with van der Waals surface area (Å²) in [5.74, 6) is 3.28. The van der Waals surface area contributed by atoms with Gasteiger partial charge < -0.3 is 21.7 Å². The summed E-state index contributed by atoms with van der Waals surface area (Å²) in [5, 5.41) is 11.2.